The van der Waals surface area contributed by atoms with Crippen molar-refractivity contribution in [2.24, 2.45) is 5.73 Å². The second kappa shape index (κ2) is 8.44. The van der Waals surface area contributed by atoms with E-state index in [0.29, 0.717) is 5.25 Å². The van der Waals surface area contributed by atoms with Crippen LogP contribution in [-0.2, 0) is 0 Å². The molecule has 0 radical (unpaired) electrons. The molecule has 0 heterocycles. The van der Waals surface area contributed by atoms with Gasteiger partial charge in [-0.15, -0.1) is 0 Å². The molecule has 1 aromatic rings. The van der Waals surface area contributed by atoms with Crippen molar-refractivity contribution >= 4 is 11.8 Å². The first-order valence-electron chi connectivity index (χ1n) is 6.70. The molecule has 2 unspecified atom stereocenters. The molecule has 2 atom stereocenters. The molecular formula is C15H25NOS. The minimum absolute atomic E-state index is 0.0996. The summed E-state index contributed by atoms with van der Waals surface area (Å²) in [5.41, 5.74) is 7.47. The zero-order valence-corrected chi connectivity index (χ0v) is 12.5. The van der Waals surface area contributed by atoms with E-state index in [1.54, 1.807) is 7.11 Å². The maximum atomic E-state index is 6.28. The molecule has 0 spiro atoms. The summed E-state index contributed by atoms with van der Waals surface area (Å²) in [6.45, 7) is 4.45. The molecule has 0 aliphatic rings. The lowest BCUT2D eigenvalue weighted by atomic mass is 10.1. The molecule has 102 valence electrons. The second-order valence-corrected chi connectivity index (χ2v) is 6.07. The topological polar surface area (TPSA) is 35.2 Å². The van der Waals surface area contributed by atoms with Gasteiger partial charge >= 0.3 is 0 Å². The summed E-state index contributed by atoms with van der Waals surface area (Å²) in [6, 6.07) is 8.18. The summed E-state index contributed by atoms with van der Waals surface area (Å²) in [4.78, 5) is 0. The molecule has 1 rings (SSSR count). The number of unbranched alkanes of at least 4 members (excludes halogenated alkanes) is 2. The Balaban J connectivity index is 2.43. The van der Waals surface area contributed by atoms with Crippen LogP contribution in [0, 0.1) is 0 Å². The van der Waals surface area contributed by atoms with Gasteiger partial charge in [0.2, 0.25) is 0 Å². The summed E-state index contributed by atoms with van der Waals surface area (Å²) in [5, 5.41) is 0.454. The normalized spacial score (nSPS) is 14.2. The van der Waals surface area contributed by atoms with Crippen LogP contribution >= 0.6 is 11.8 Å². The van der Waals surface area contributed by atoms with Crippen LogP contribution in [0.15, 0.2) is 24.3 Å². The number of hydrogen-bond donors (Lipinski definition) is 1. The number of ether oxygens (including phenoxy) is 1. The van der Waals surface area contributed by atoms with E-state index in [1.807, 2.05) is 23.9 Å². The van der Waals surface area contributed by atoms with Crippen LogP contribution < -0.4 is 10.5 Å². The van der Waals surface area contributed by atoms with Crippen LogP contribution in [0.1, 0.15) is 44.7 Å². The zero-order chi connectivity index (χ0) is 13.4. The van der Waals surface area contributed by atoms with E-state index in [2.05, 4.69) is 26.0 Å². The molecule has 0 fully saturated rings. The number of hydrogen-bond acceptors (Lipinski definition) is 3. The first-order valence-corrected chi connectivity index (χ1v) is 7.75. The number of thioether (sulfide) groups is 1. The molecule has 1 aromatic carbocycles. The molecule has 0 amide bonds. The summed E-state index contributed by atoms with van der Waals surface area (Å²) in [5.74, 6) is 2.09. The second-order valence-electron chi connectivity index (χ2n) is 4.58. The van der Waals surface area contributed by atoms with Crippen molar-refractivity contribution in [2.45, 2.75) is 44.4 Å². The van der Waals surface area contributed by atoms with Crippen molar-refractivity contribution in [3.8, 4) is 5.75 Å². The monoisotopic (exact) mass is 267 g/mol. The summed E-state index contributed by atoms with van der Waals surface area (Å²) in [6.07, 6.45) is 3.89. The average Bonchev–Trinajstić information content (AvgIpc) is 2.42. The lowest BCUT2D eigenvalue weighted by molar-refractivity contribution is 0.414. The Morgan fingerprint density at radius 3 is 2.44 bits per heavy atom. The van der Waals surface area contributed by atoms with Crippen LogP contribution in [-0.4, -0.2) is 18.1 Å². The molecule has 0 saturated heterocycles. The van der Waals surface area contributed by atoms with Gasteiger partial charge < -0.3 is 10.5 Å². The molecule has 0 bridgehead atoms. The SMILES string of the molecule is CCCCCSC(C)C(N)c1ccc(OC)cc1. The van der Waals surface area contributed by atoms with Crippen molar-refractivity contribution in [1.82, 2.24) is 0 Å². The van der Waals surface area contributed by atoms with Gasteiger partial charge in [-0.05, 0) is 29.9 Å². The summed E-state index contributed by atoms with van der Waals surface area (Å²) >= 11 is 1.97. The fourth-order valence-electron chi connectivity index (χ4n) is 1.82. The Hall–Kier alpha value is -0.670. The largest absolute Gasteiger partial charge is 0.497 e. The van der Waals surface area contributed by atoms with Gasteiger partial charge in [0, 0.05) is 11.3 Å². The van der Waals surface area contributed by atoms with Crippen molar-refractivity contribution < 1.29 is 4.74 Å². The van der Waals surface area contributed by atoms with E-state index >= 15 is 0 Å². The Bertz CT molecular complexity index is 326. The molecule has 0 saturated carbocycles. The lowest BCUT2D eigenvalue weighted by Crippen LogP contribution is -2.21. The lowest BCUT2D eigenvalue weighted by Gasteiger charge is -2.20. The number of benzene rings is 1. The minimum atomic E-state index is 0.0996. The molecule has 3 heteroatoms. The van der Waals surface area contributed by atoms with Crippen LogP contribution in [0.5, 0.6) is 5.75 Å². The predicted octanol–water partition coefficient (Wildman–Crippen LogP) is 4.01. The highest BCUT2D eigenvalue weighted by molar-refractivity contribution is 7.99. The van der Waals surface area contributed by atoms with E-state index in [1.165, 1.54) is 30.6 Å². The van der Waals surface area contributed by atoms with Gasteiger partial charge in [-0.25, -0.2) is 0 Å². The van der Waals surface area contributed by atoms with Crippen LogP contribution in [0.3, 0.4) is 0 Å². The zero-order valence-electron chi connectivity index (χ0n) is 11.7. The van der Waals surface area contributed by atoms with Crippen molar-refractivity contribution in [2.75, 3.05) is 12.9 Å². The van der Waals surface area contributed by atoms with Gasteiger partial charge in [0.25, 0.3) is 0 Å². The van der Waals surface area contributed by atoms with E-state index in [0.717, 1.165) is 5.75 Å². The fourth-order valence-corrected chi connectivity index (χ4v) is 2.93. The quantitative estimate of drug-likeness (QED) is 0.723. The van der Waals surface area contributed by atoms with Gasteiger partial charge in [0.15, 0.2) is 0 Å². The van der Waals surface area contributed by atoms with Gasteiger partial charge in [0.1, 0.15) is 5.75 Å². The third kappa shape index (κ3) is 4.91. The maximum Gasteiger partial charge on any atom is 0.118 e. The average molecular weight is 267 g/mol. The predicted molar refractivity (Wildman–Crippen MR) is 81.4 cm³/mol. The first-order chi connectivity index (χ1) is 8.69. The standard InChI is InChI=1S/C15H25NOS/c1-4-5-6-11-18-12(2)15(16)13-7-9-14(17-3)10-8-13/h7-10,12,15H,4-6,11,16H2,1-3H3. The van der Waals surface area contributed by atoms with E-state index in [-0.39, 0.29) is 6.04 Å². The van der Waals surface area contributed by atoms with Gasteiger partial charge in [-0.1, -0.05) is 38.8 Å². The van der Waals surface area contributed by atoms with Crippen LogP contribution in [0.25, 0.3) is 0 Å². The third-order valence-corrected chi connectivity index (χ3v) is 4.48. The van der Waals surface area contributed by atoms with Gasteiger partial charge in [-0.2, -0.15) is 11.8 Å². The Labute approximate surface area is 115 Å². The molecular weight excluding hydrogens is 242 g/mol. The maximum absolute atomic E-state index is 6.28. The van der Waals surface area contributed by atoms with Crippen molar-refractivity contribution in [3.63, 3.8) is 0 Å². The number of nitrogens with two attached hydrogens (primary N) is 1. The molecule has 18 heavy (non-hydrogen) atoms. The molecule has 0 aliphatic carbocycles. The summed E-state index contributed by atoms with van der Waals surface area (Å²) in [7, 11) is 1.68. The van der Waals surface area contributed by atoms with Crippen LogP contribution in [0.2, 0.25) is 0 Å². The van der Waals surface area contributed by atoms with E-state index in [9.17, 15) is 0 Å². The van der Waals surface area contributed by atoms with Gasteiger partial charge in [-0.3, -0.25) is 0 Å². The smallest absolute Gasteiger partial charge is 0.118 e. The first kappa shape index (κ1) is 15.4. The van der Waals surface area contributed by atoms with Gasteiger partial charge in [0.05, 0.1) is 7.11 Å². The van der Waals surface area contributed by atoms with Crippen molar-refractivity contribution in [3.05, 3.63) is 29.8 Å². The Morgan fingerprint density at radius 1 is 1.22 bits per heavy atom. The molecule has 2 N–H and O–H groups in total. The number of rotatable bonds is 8. The fraction of sp³-hybridized carbons (Fsp3) is 0.600. The Morgan fingerprint density at radius 2 is 1.89 bits per heavy atom. The van der Waals surface area contributed by atoms with E-state index in [4.69, 9.17) is 10.5 Å². The highest BCUT2D eigenvalue weighted by Gasteiger charge is 2.14. The van der Waals surface area contributed by atoms with Crippen molar-refractivity contribution in [1.29, 1.82) is 0 Å². The highest BCUT2D eigenvalue weighted by atomic mass is 32.2. The van der Waals surface area contributed by atoms with Crippen LogP contribution in [0.4, 0.5) is 0 Å². The van der Waals surface area contributed by atoms with E-state index < -0.39 is 0 Å². The highest BCUT2D eigenvalue weighted by Crippen LogP contribution is 2.26. The molecule has 0 aromatic heterocycles. The third-order valence-electron chi connectivity index (χ3n) is 3.14. The summed E-state index contributed by atoms with van der Waals surface area (Å²) < 4.78 is 5.16. The minimum Gasteiger partial charge on any atom is -0.497 e. The molecule has 2 nitrogen and oxygen atoms in total. The Kier molecular flexibility index (Phi) is 7.21. The molecule has 0 aliphatic heterocycles. The number of methoxy groups -OCH3 is 1.